The van der Waals surface area contributed by atoms with Gasteiger partial charge in [0.15, 0.2) is 5.65 Å². The highest BCUT2D eigenvalue weighted by molar-refractivity contribution is 6.90. The van der Waals surface area contributed by atoms with Crippen LogP contribution in [0.4, 0.5) is 27.9 Å². The van der Waals surface area contributed by atoms with Gasteiger partial charge >= 0.3 is 6.09 Å². The molecular weight excluding hydrogens is 591 g/mol. The molecule has 0 spiro atoms. The number of piperazine rings is 1. The number of cyclic esters (lactones) is 1. The number of amides is 1. The summed E-state index contributed by atoms with van der Waals surface area (Å²) >= 11 is 0. The smallest absolute Gasteiger partial charge is 0.415 e. The minimum atomic E-state index is -2.02. The number of hydrogen-bond donors (Lipinski definition) is 2. The second kappa shape index (κ2) is 13.6. The fourth-order valence-corrected chi connectivity index (χ4v) is 13.3. The average molecular weight is 640 g/mol. The van der Waals surface area contributed by atoms with E-state index in [1.54, 1.807) is 4.90 Å². The molecule has 4 heterocycles. The minimum Gasteiger partial charge on any atom is -0.447 e. The first-order valence-electron chi connectivity index (χ1n) is 17.2. The van der Waals surface area contributed by atoms with Crippen molar-refractivity contribution in [3.63, 3.8) is 0 Å². The Hall–Kier alpha value is -3.68. The molecule has 0 bridgehead atoms. The fourth-order valence-electron chi connectivity index (χ4n) is 8.09. The van der Waals surface area contributed by atoms with Crippen LogP contribution < -0.4 is 20.4 Å². The maximum Gasteiger partial charge on any atom is 0.415 e. The summed E-state index contributed by atoms with van der Waals surface area (Å²) in [6.45, 7) is 18.3. The van der Waals surface area contributed by atoms with Gasteiger partial charge in [-0.15, -0.1) is 5.54 Å². The van der Waals surface area contributed by atoms with Crippen molar-refractivity contribution in [1.29, 1.82) is 0 Å². The van der Waals surface area contributed by atoms with Crippen molar-refractivity contribution in [3.8, 4) is 11.5 Å². The van der Waals surface area contributed by atoms with Crippen LogP contribution in [-0.4, -0.2) is 67.9 Å². The van der Waals surface area contributed by atoms with E-state index in [0.717, 1.165) is 55.7 Å². The first-order chi connectivity index (χ1) is 22.2. The highest BCUT2D eigenvalue weighted by atomic mass is 28.3. The molecule has 6 rings (SSSR count). The summed E-state index contributed by atoms with van der Waals surface area (Å²) < 4.78 is 5.63. The number of benzene rings is 1. The van der Waals surface area contributed by atoms with Gasteiger partial charge in [-0.05, 0) is 65.7 Å². The third-order valence-corrected chi connectivity index (χ3v) is 16.8. The molecule has 1 amide bonds. The molecule has 2 N–H and O–H groups in total. The molecule has 3 aliphatic rings. The zero-order valence-electron chi connectivity index (χ0n) is 28.3. The summed E-state index contributed by atoms with van der Waals surface area (Å²) in [7, 11) is -2.02. The summed E-state index contributed by atoms with van der Waals surface area (Å²) in [6, 6.07) is 10.3. The number of ether oxygens (including phenoxy) is 1. The number of nitrogens with one attached hydrogen (secondary N) is 2. The van der Waals surface area contributed by atoms with Gasteiger partial charge in [-0.25, -0.2) is 14.8 Å². The molecule has 3 fully saturated rings. The zero-order chi connectivity index (χ0) is 32.4. The Morgan fingerprint density at radius 1 is 0.978 bits per heavy atom. The minimum absolute atomic E-state index is 0.0233. The molecule has 46 heavy (non-hydrogen) atoms. The van der Waals surface area contributed by atoms with E-state index in [2.05, 4.69) is 92.8 Å². The van der Waals surface area contributed by atoms with Crippen LogP contribution in [0.2, 0.25) is 16.6 Å². The molecule has 1 atom stereocenters. The van der Waals surface area contributed by atoms with Crippen molar-refractivity contribution in [2.45, 2.75) is 89.9 Å². The van der Waals surface area contributed by atoms with E-state index >= 15 is 0 Å². The molecule has 1 unspecified atom stereocenters. The lowest BCUT2D eigenvalue weighted by atomic mass is 9.98. The van der Waals surface area contributed by atoms with Gasteiger partial charge in [-0.2, -0.15) is 4.98 Å². The number of rotatable bonds is 8. The highest BCUT2D eigenvalue weighted by Crippen LogP contribution is 2.41. The van der Waals surface area contributed by atoms with Crippen molar-refractivity contribution in [3.05, 3.63) is 42.1 Å². The third-order valence-electron chi connectivity index (χ3n) is 10.5. The lowest BCUT2D eigenvalue weighted by Gasteiger charge is -2.38. The molecule has 0 radical (unpaired) electrons. The molecule has 3 aromatic rings. The van der Waals surface area contributed by atoms with Crippen molar-refractivity contribution < 1.29 is 9.53 Å². The van der Waals surface area contributed by atoms with Crippen LogP contribution in [0.15, 0.2) is 36.5 Å². The molecule has 1 aromatic carbocycles. The Kier molecular flexibility index (Phi) is 9.53. The maximum atomic E-state index is 13.2. The van der Waals surface area contributed by atoms with Crippen LogP contribution >= 0.6 is 0 Å². The van der Waals surface area contributed by atoms with E-state index in [9.17, 15) is 4.79 Å². The largest absolute Gasteiger partial charge is 0.447 e. The van der Waals surface area contributed by atoms with E-state index in [1.165, 1.54) is 18.5 Å². The monoisotopic (exact) mass is 639 g/mol. The van der Waals surface area contributed by atoms with E-state index in [1.807, 2.05) is 12.3 Å². The zero-order valence-corrected chi connectivity index (χ0v) is 29.3. The SMILES string of the molecule is CC(C)[Si](C#Cc1cc(N2C(=O)OCC2C2CCCC2)nc2nc(Nc3ccc(N4CCNCC4)cc3)ncc12)(C(C)C)C(C)C. The molecular formula is C36H49N7O2Si. The van der Waals surface area contributed by atoms with Gasteiger partial charge < -0.3 is 20.3 Å². The summed E-state index contributed by atoms with van der Waals surface area (Å²) in [4.78, 5) is 31.9. The Bertz CT molecular complexity index is 1580. The van der Waals surface area contributed by atoms with Crippen LogP contribution in [0.3, 0.4) is 0 Å². The molecule has 1 aliphatic carbocycles. The molecule has 2 saturated heterocycles. The van der Waals surface area contributed by atoms with Crippen molar-refractivity contribution >= 4 is 48.3 Å². The second-order valence-electron chi connectivity index (χ2n) is 14.1. The van der Waals surface area contributed by atoms with Gasteiger partial charge in [0.25, 0.3) is 0 Å². The van der Waals surface area contributed by atoms with Crippen LogP contribution in [0.1, 0.15) is 72.8 Å². The lowest BCUT2D eigenvalue weighted by molar-refractivity contribution is 0.176. The third kappa shape index (κ3) is 6.32. The number of carbonyl (C=O) groups excluding carboxylic acids is 1. The summed E-state index contributed by atoms with van der Waals surface area (Å²) in [5.74, 6) is 5.05. The predicted molar refractivity (Wildman–Crippen MR) is 190 cm³/mol. The predicted octanol–water partition coefficient (Wildman–Crippen LogP) is 7.26. The number of carbonyl (C=O) groups is 1. The van der Waals surface area contributed by atoms with Gasteiger partial charge in [-0.1, -0.05) is 60.3 Å². The number of hydrogen-bond acceptors (Lipinski definition) is 8. The van der Waals surface area contributed by atoms with Gasteiger partial charge in [0.1, 0.15) is 20.5 Å². The van der Waals surface area contributed by atoms with E-state index in [0.29, 0.717) is 46.6 Å². The van der Waals surface area contributed by atoms with Crippen molar-refractivity contribution in [1.82, 2.24) is 20.3 Å². The summed E-state index contributed by atoms with van der Waals surface area (Å²) in [5, 5.41) is 7.57. The first-order valence-corrected chi connectivity index (χ1v) is 19.4. The van der Waals surface area contributed by atoms with Crippen LogP contribution in [0.5, 0.6) is 0 Å². The molecule has 244 valence electrons. The van der Waals surface area contributed by atoms with Crippen molar-refractivity contribution in [2.24, 2.45) is 5.92 Å². The van der Waals surface area contributed by atoms with Gasteiger partial charge in [0, 0.05) is 49.3 Å². The molecule has 2 aromatic heterocycles. The van der Waals surface area contributed by atoms with Crippen LogP contribution in [0, 0.1) is 17.4 Å². The molecule has 10 heteroatoms. The topological polar surface area (TPSA) is 95.5 Å². The number of anilines is 4. The maximum absolute atomic E-state index is 13.2. The number of pyridine rings is 1. The van der Waals surface area contributed by atoms with Gasteiger partial charge in [0.05, 0.1) is 11.4 Å². The lowest BCUT2D eigenvalue weighted by Crippen LogP contribution is -2.43. The Balaban J connectivity index is 1.40. The second-order valence-corrected chi connectivity index (χ2v) is 19.7. The first kappa shape index (κ1) is 32.3. The number of aromatic nitrogens is 3. The van der Waals surface area contributed by atoms with E-state index in [-0.39, 0.29) is 12.1 Å². The standard InChI is InChI=1S/C36H49N7O2Si/c1-24(2)46(25(3)4,26(5)6)20-15-28-21-33(43-32(23-45-36(43)44)27-9-7-8-10-27)40-34-31(28)22-38-35(41-34)39-29-11-13-30(14-12-29)42-18-16-37-17-19-42/h11-14,21-22,24-27,32,37H,7-10,16-19,23H2,1-6H3,(H,38,39,40,41). The Labute approximate surface area is 274 Å². The van der Waals surface area contributed by atoms with E-state index < -0.39 is 8.07 Å². The Morgan fingerprint density at radius 2 is 1.65 bits per heavy atom. The number of fused-ring (bicyclic) bond motifs is 1. The molecule has 2 aliphatic heterocycles. The average Bonchev–Trinajstić information content (AvgIpc) is 3.71. The molecule has 9 nitrogen and oxygen atoms in total. The van der Waals surface area contributed by atoms with E-state index in [4.69, 9.17) is 19.7 Å². The highest BCUT2D eigenvalue weighted by Gasteiger charge is 2.43. The quantitative estimate of drug-likeness (QED) is 0.196. The number of nitrogens with zero attached hydrogens (tertiary/aromatic N) is 5. The Morgan fingerprint density at radius 3 is 2.30 bits per heavy atom. The van der Waals surface area contributed by atoms with Crippen molar-refractivity contribution in [2.75, 3.05) is 47.9 Å². The summed E-state index contributed by atoms with van der Waals surface area (Å²) in [6.07, 6.45) is 6.07. The normalized spacial score (nSPS) is 19.3. The van der Waals surface area contributed by atoms with Gasteiger partial charge in [0.2, 0.25) is 5.95 Å². The fraction of sp³-hybridized carbons (Fsp3) is 0.556. The van der Waals surface area contributed by atoms with Gasteiger partial charge in [-0.3, -0.25) is 4.90 Å². The summed E-state index contributed by atoms with van der Waals surface area (Å²) in [5.41, 5.74) is 8.81. The molecule has 1 saturated carbocycles. The van der Waals surface area contributed by atoms with Crippen LogP contribution in [0.25, 0.3) is 11.0 Å². The van der Waals surface area contributed by atoms with Crippen LogP contribution in [-0.2, 0) is 4.74 Å².